The number of esters is 2. The number of hydrogen-bond acceptors (Lipinski definition) is 8. The zero-order valence-electron chi connectivity index (χ0n) is 16.4. The number of hydrogen-bond donors (Lipinski definition) is 0. The lowest BCUT2D eigenvalue weighted by Crippen LogP contribution is -2.59. The number of halogens is 8. The van der Waals surface area contributed by atoms with Gasteiger partial charge in [0.25, 0.3) is 0 Å². The Morgan fingerprint density at radius 3 is 1.94 bits per heavy atom. The van der Waals surface area contributed by atoms with Crippen LogP contribution in [0.2, 0.25) is 0 Å². The molecule has 192 valence electrons. The first kappa shape index (κ1) is 29.2. The molecule has 0 saturated heterocycles. The van der Waals surface area contributed by atoms with E-state index in [1.165, 1.54) is 30.3 Å². The van der Waals surface area contributed by atoms with Crippen molar-refractivity contribution in [1.29, 1.82) is 0 Å². The van der Waals surface area contributed by atoms with Gasteiger partial charge in [0.15, 0.2) is 10.1 Å². The molecule has 1 aromatic rings. The summed E-state index contributed by atoms with van der Waals surface area (Å²) >= 11 is 0. The predicted molar refractivity (Wildman–Crippen MR) is 91.5 cm³/mol. The molecular weight excluding hydrogens is 516 g/mol. The Morgan fingerprint density at radius 2 is 1.50 bits per heavy atom. The van der Waals surface area contributed by atoms with Crippen LogP contribution in [0.1, 0.15) is 12.0 Å². The number of carbonyl (C=O) groups is 2. The second-order valence-electron chi connectivity index (χ2n) is 6.23. The summed E-state index contributed by atoms with van der Waals surface area (Å²) in [5.74, 6) is -10.6. The highest BCUT2D eigenvalue weighted by Gasteiger charge is 2.68. The molecule has 0 aliphatic carbocycles. The van der Waals surface area contributed by atoms with E-state index in [-0.39, 0.29) is 5.56 Å². The summed E-state index contributed by atoms with van der Waals surface area (Å²) in [4.78, 5) is 23.8. The van der Waals surface area contributed by atoms with Crippen molar-refractivity contribution in [3.05, 3.63) is 48.0 Å². The second kappa shape index (κ2) is 10.2. The molecule has 1 aromatic carbocycles. The summed E-state index contributed by atoms with van der Waals surface area (Å²) in [6.07, 6.45) is -14.2. The van der Waals surface area contributed by atoms with Crippen molar-refractivity contribution >= 4 is 22.1 Å². The molecule has 8 nitrogen and oxygen atoms in total. The lowest BCUT2D eigenvalue weighted by molar-refractivity contribution is -0.356. The van der Waals surface area contributed by atoms with E-state index in [1.54, 1.807) is 0 Å². The van der Waals surface area contributed by atoms with Crippen LogP contribution in [0.5, 0.6) is 0 Å². The average Bonchev–Trinajstić information content (AvgIpc) is 2.68. The lowest BCUT2D eigenvalue weighted by atomic mass is 10.2. The molecule has 34 heavy (non-hydrogen) atoms. The minimum Gasteiger partial charge on any atom is -0.743 e. The second-order valence-corrected chi connectivity index (χ2v) is 7.74. The molecule has 0 N–H and O–H groups in total. The van der Waals surface area contributed by atoms with Crippen LogP contribution in [-0.2, 0) is 40.5 Å². The van der Waals surface area contributed by atoms with E-state index in [9.17, 15) is 57.7 Å². The first-order chi connectivity index (χ1) is 15.2. The third-order valence-corrected chi connectivity index (χ3v) is 4.68. The van der Waals surface area contributed by atoms with Gasteiger partial charge in [-0.2, -0.15) is 35.1 Å². The fourth-order valence-corrected chi connectivity index (χ4v) is 2.28. The van der Waals surface area contributed by atoms with Crippen molar-refractivity contribution in [3.63, 3.8) is 0 Å². The summed E-state index contributed by atoms with van der Waals surface area (Å²) < 4.78 is 149. The van der Waals surface area contributed by atoms with Crippen molar-refractivity contribution in [2.75, 3.05) is 6.61 Å². The van der Waals surface area contributed by atoms with Crippen LogP contribution in [0, 0.1) is 0 Å². The molecule has 0 saturated carbocycles. The highest BCUT2D eigenvalue weighted by Crippen LogP contribution is 2.39. The fourth-order valence-electron chi connectivity index (χ4n) is 1.95. The van der Waals surface area contributed by atoms with Crippen LogP contribution in [0.3, 0.4) is 0 Å². The number of rotatable bonds is 10. The van der Waals surface area contributed by atoms with Gasteiger partial charge in [0.05, 0.1) is 6.61 Å². The first-order valence-electron chi connectivity index (χ1n) is 8.49. The molecule has 0 aromatic heterocycles. The summed E-state index contributed by atoms with van der Waals surface area (Å²) in [6, 6.07) is 6.65. The monoisotopic (exact) mass is 529 g/mol. The summed E-state index contributed by atoms with van der Waals surface area (Å²) in [5.41, 5.74) is -2.49. The third-order valence-electron chi connectivity index (χ3n) is 3.74. The van der Waals surface area contributed by atoms with E-state index >= 15 is 0 Å². The quantitative estimate of drug-likeness (QED) is 0.149. The first-order valence-corrected chi connectivity index (χ1v) is 9.90. The standard InChI is InChI=1S/C17H14F8O8S/c1-10(16(20,21)22)12(26)33-15(17(23,24)25,32-8-7-14(18,19)34(28,29)30)13(27)31-9-11-5-3-2-4-6-11/h2-6H,1,7-9H2,(H,28,29,30)/p-1. The zero-order chi connectivity index (χ0) is 26.6. The number of carbonyl (C=O) groups excluding carboxylic acids is 2. The molecule has 1 rings (SSSR count). The van der Waals surface area contributed by atoms with Gasteiger partial charge in [0, 0.05) is 6.42 Å². The number of benzene rings is 1. The average molecular weight is 529 g/mol. The molecule has 0 amide bonds. The SMILES string of the molecule is C=C(C(=O)OC(OCCC(F)(F)S(=O)(=O)[O-])(C(=O)OCc1ccccc1)C(F)(F)F)C(F)(F)F. The molecule has 1 atom stereocenters. The van der Waals surface area contributed by atoms with Gasteiger partial charge in [-0.15, -0.1) is 0 Å². The molecule has 0 spiro atoms. The fraction of sp³-hybridized carbons (Fsp3) is 0.412. The normalized spacial score (nSPS) is 14.7. The Morgan fingerprint density at radius 1 is 0.971 bits per heavy atom. The van der Waals surface area contributed by atoms with Crippen molar-refractivity contribution in [2.24, 2.45) is 0 Å². The van der Waals surface area contributed by atoms with E-state index in [0.29, 0.717) is 0 Å². The van der Waals surface area contributed by atoms with Crippen LogP contribution in [0.25, 0.3) is 0 Å². The number of ether oxygens (including phenoxy) is 3. The Labute approximate surface area is 185 Å². The van der Waals surface area contributed by atoms with E-state index in [0.717, 1.165) is 0 Å². The van der Waals surface area contributed by atoms with Gasteiger partial charge in [-0.05, 0) is 5.56 Å². The molecule has 0 heterocycles. The largest absolute Gasteiger partial charge is 0.743 e. The Hall–Kier alpha value is -2.79. The molecule has 0 fully saturated rings. The van der Waals surface area contributed by atoms with Crippen molar-refractivity contribution in [3.8, 4) is 0 Å². The Kier molecular flexibility index (Phi) is 8.79. The molecule has 0 bridgehead atoms. The van der Waals surface area contributed by atoms with Gasteiger partial charge in [-0.25, -0.2) is 18.0 Å². The van der Waals surface area contributed by atoms with Gasteiger partial charge in [0.1, 0.15) is 12.2 Å². The topological polar surface area (TPSA) is 119 Å². The summed E-state index contributed by atoms with van der Waals surface area (Å²) in [5, 5.41) is -5.21. The van der Waals surface area contributed by atoms with Gasteiger partial charge in [-0.3, -0.25) is 0 Å². The van der Waals surface area contributed by atoms with Crippen LogP contribution >= 0.6 is 0 Å². The minimum atomic E-state index is -6.41. The molecule has 0 radical (unpaired) electrons. The van der Waals surface area contributed by atoms with E-state index in [1.807, 2.05) is 0 Å². The van der Waals surface area contributed by atoms with Crippen LogP contribution in [0.4, 0.5) is 35.1 Å². The van der Waals surface area contributed by atoms with Gasteiger partial charge in [0.2, 0.25) is 0 Å². The van der Waals surface area contributed by atoms with Gasteiger partial charge >= 0.3 is 35.3 Å². The molecule has 0 aliphatic heterocycles. The summed E-state index contributed by atoms with van der Waals surface area (Å²) in [7, 11) is -6.41. The van der Waals surface area contributed by atoms with E-state index in [2.05, 4.69) is 20.8 Å². The van der Waals surface area contributed by atoms with Crippen LogP contribution in [0.15, 0.2) is 42.5 Å². The molecule has 17 heteroatoms. The summed E-state index contributed by atoms with van der Waals surface area (Å²) in [6.45, 7) is -0.898. The van der Waals surface area contributed by atoms with Crippen LogP contribution < -0.4 is 0 Å². The lowest BCUT2D eigenvalue weighted by Gasteiger charge is -2.33. The maximum atomic E-state index is 13.7. The maximum absolute atomic E-state index is 13.7. The predicted octanol–water partition coefficient (Wildman–Crippen LogP) is 3.19. The smallest absolute Gasteiger partial charge is 0.468 e. The minimum absolute atomic E-state index is 0.0435. The Balaban J connectivity index is 3.34. The van der Waals surface area contributed by atoms with Crippen LogP contribution in [-0.4, -0.2) is 54.9 Å². The molecule has 1 unspecified atom stereocenters. The van der Waals surface area contributed by atoms with Crippen molar-refractivity contribution in [2.45, 2.75) is 36.4 Å². The maximum Gasteiger partial charge on any atom is 0.468 e. The number of alkyl halides is 8. The van der Waals surface area contributed by atoms with Crippen molar-refractivity contribution < 1.29 is 71.9 Å². The molecular formula is C17H13F8O8S-. The highest BCUT2D eigenvalue weighted by atomic mass is 32.2. The Bertz CT molecular complexity index is 1000. The third kappa shape index (κ3) is 7.10. The van der Waals surface area contributed by atoms with E-state index < -0.39 is 70.7 Å². The molecule has 0 aliphatic rings. The zero-order valence-corrected chi connectivity index (χ0v) is 17.2. The van der Waals surface area contributed by atoms with Gasteiger partial charge < -0.3 is 18.8 Å². The highest BCUT2D eigenvalue weighted by molar-refractivity contribution is 7.86. The van der Waals surface area contributed by atoms with E-state index in [4.69, 9.17) is 0 Å². The van der Waals surface area contributed by atoms with Gasteiger partial charge in [-0.1, -0.05) is 36.9 Å². The van der Waals surface area contributed by atoms with Crippen molar-refractivity contribution in [1.82, 2.24) is 0 Å².